The average Bonchev–Trinajstić information content (AvgIpc) is 2.56. The molecular weight excluding hydrogens is 310 g/mol. The predicted molar refractivity (Wildman–Crippen MR) is 92.2 cm³/mol. The zero-order valence-corrected chi connectivity index (χ0v) is 13.8. The number of nitrogens with zero attached hydrogens (tertiary/aromatic N) is 2. The van der Waals surface area contributed by atoms with E-state index in [2.05, 4.69) is 11.4 Å². The number of halogens is 1. The van der Waals surface area contributed by atoms with Crippen LogP contribution in [0.15, 0.2) is 48.5 Å². The lowest BCUT2D eigenvalue weighted by Gasteiger charge is -2.24. The van der Waals surface area contributed by atoms with Gasteiger partial charge < -0.3 is 5.32 Å². The molecule has 0 saturated heterocycles. The third-order valence-electron chi connectivity index (χ3n) is 3.72. The maximum Gasteiger partial charge on any atom is 0.241 e. The number of nitrogens with one attached hydrogen (secondary N) is 1. The van der Waals surface area contributed by atoms with Crippen LogP contribution in [0.3, 0.4) is 0 Å². The molecule has 0 radical (unpaired) electrons. The summed E-state index contributed by atoms with van der Waals surface area (Å²) in [5, 5.41) is 12.6. The molecule has 23 heavy (non-hydrogen) atoms. The van der Waals surface area contributed by atoms with Crippen molar-refractivity contribution in [2.45, 2.75) is 19.5 Å². The lowest BCUT2D eigenvalue weighted by molar-refractivity contribution is -0.120. The van der Waals surface area contributed by atoms with Crippen molar-refractivity contribution in [2.24, 2.45) is 0 Å². The highest BCUT2D eigenvalue weighted by Gasteiger charge is 2.19. The van der Waals surface area contributed by atoms with Crippen LogP contribution in [0.2, 0.25) is 5.02 Å². The van der Waals surface area contributed by atoms with Crippen LogP contribution in [0.1, 0.15) is 18.1 Å². The molecule has 0 aromatic heterocycles. The number of nitriles is 1. The van der Waals surface area contributed by atoms with Gasteiger partial charge >= 0.3 is 0 Å². The first-order valence-corrected chi connectivity index (χ1v) is 7.64. The van der Waals surface area contributed by atoms with Crippen molar-refractivity contribution in [1.82, 2.24) is 4.90 Å². The standard InChI is InChI=1S/C18H18ClN3O/c1-13(22(2)12-15-8-3-5-9-16(15)19)18(23)21-17-10-6-4-7-14(17)11-20/h3-10,13H,12H2,1-2H3,(H,21,23). The van der Waals surface area contributed by atoms with Gasteiger partial charge in [-0.3, -0.25) is 9.69 Å². The van der Waals surface area contributed by atoms with Gasteiger partial charge in [0.2, 0.25) is 5.91 Å². The van der Waals surface area contributed by atoms with Crippen LogP contribution >= 0.6 is 11.6 Å². The molecule has 4 nitrogen and oxygen atoms in total. The van der Waals surface area contributed by atoms with Crippen molar-refractivity contribution < 1.29 is 4.79 Å². The molecule has 0 aliphatic heterocycles. The Bertz CT molecular complexity index is 739. The van der Waals surface area contributed by atoms with Gasteiger partial charge in [-0.05, 0) is 37.7 Å². The highest BCUT2D eigenvalue weighted by molar-refractivity contribution is 6.31. The van der Waals surface area contributed by atoms with Gasteiger partial charge in [0.25, 0.3) is 0 Å². The fraction of sp³-hybridized carbons (Fsp3) is 0.222. The molecule has 0 aliphatic carbocycles. The van der Waals surface area contributed by atoms with Crippen molar-refractivity contribution in [3.8, 4) is 6.07 Å². The molecule has 0 bridgehead atoms. The van der Waals surface area contributed by atoms with Gasteiger partial charge in [-0.15, -0.1) is 0 Å². The maximum atomic E-state index is 12.4. The highest BCUT2D eigenvalue weighted by atomic mass is 35.5. The fourth-order valence-corrected chi connectivity index (χ4v) is 2.35. The largest absolute Gasteiger partial charge is 0.324 e. The minimum Gasteiger partial charge on any atom is -0.324 e. The Kier molecular flexibility index (Phi) is 5.75. The Morgan fingerprint density at radius 2 is 1.91 bits per heavy atom. The molecule has 1 unspecified atom stereocenters. The number of anilines is 1. The second-order valence-corrected chi connectivity index (χ2v) is 5.74. The summed E-state index contributed by atoms with van der Waals surface area (Å²) in [5.41, 5.74) is 1.94. The van der Waals surface area contributed by atoms with Gasteiger partial charge in [0.15, 0.2) is 0 Å². The fourth-order valence-electron chi connectivity index (χ4n) is 2.16. The highest BCUT2D eigenvalue weighted by Crippen LogP contribution is 2.18. The normalized spacial score (nSPS) is 11.8. The number of likely N-dealkylation sites (N-methyl/N-ethyl adjacent to an activating group) is 1. The number of benzene rings is 2. The van der Waals surface area contributed by atoms with Crippen LogP contribution in [-0.2, 0) is 11.3 Å². The monoisotopic (exact) mass is 327 g/mol. The van der Waals surface area contributed by atoms with Gasteiger partial charge in [-0.1, -0.05) is 41.9 Å². The third kappa shape index (κ3) is 4.32. The minimum absolute atomic E-state index is 0.165. The van der Waals surface area contributed by atoms with Gasteiger partial charge in [-0.25, -0.2) is 0 Å². The van der Waals surface area contributed by atoms with Gasteiger partial charge in [0, 0.05) is 11.6 Å². The van der Waals surface area contributed by atoms with Crippen molar-refractivity contribution in [3.63, 3.8) is 0 Å². The lowest BCUT2D eigenvalue weighted by atomic mass is 10.1. The van der Waals surface area contributed by atoms with Crippen LogP contribution < -0.4 is 5.32 Å². The topological polar surface area (TPSA) is 56.1 Å². The Hall–Kier alpha value is -2.35. The summed E-state index contributed by atoms with van der Waals surface area (Å²) in [6, 6.07) is 16.2. The van der Waals surface area contributed by atoms with Crippen LogP contribution in [0.4, 0.5) is 5.69 Å². The molecule has 0 heterocycles. The van der Waals surface area contributed by atoms with Crippen molar-refractivity contribution >= 4 is 23.2 Å². The van der Waals surface area contributed by atoms with E-state index in [4.69, 9.17) is 16.9 Å². The summed E-state index contributed by atoms with van der Waals surface area (Å²) >= 11 is 6.16. The van der Waals surface area contributed by atoms with E-state index >= 15 is 0 Å². The van der Waals surface area contributed by atoms with E-state index in [0.29, 0.717) is 22.8 Å². The quantitative estimate of drug-likeness (QED) is 0.911. The first-order chi connectivity index (χ1) is 11.0. The van der Waals surface area contributed by atoms with Crippen LogP contribution in [0.5, 0.6) is 0 Å². The van der Waals surface area contributed by atoms with E-state index in [1.54, 1.807) is 24.3 Å². The first kappa shape index (κ1) is 17.0. The number of hydrogen-bond acceptors (Lipinski definition) is 3. The summed E-state index contributed by atoms with van der Waals surface area (Å²) in [6.45, 7) is 2.38. The Morgan fingerprint density at radius 3 is 2.61 bits per heavy atom. The lowest BCUT2D eigenvalue weighted by Crippen LogP contribution is -2.39. The van der Waals surface area contributed by atoms with Crippen LogP contribution in [0, 0.1) is 11.3 Å². The van der Waals surface area contributed by atoms with E-state index < -0.39 is 0 Å². The molecule has 2 rings (SSSR count). The van der Waals surface area contributed by atoms with Crippen molar-refractivity contribution in [2.75, 3.05) is 12.4 Å². The van der Waals surface area contributed by atoms with Gasteiger partial charge in [-0.2, -0.15) is 5.26 Å². The number of carbonyl (C=O) groups excluding carboxylic acids is 1. The number of amides is 1. The van der Waals surface area contributed by atoms with Gasteiger partial charge in [0.1, 0.15) is 6.07 Å². The number of para-hydroxylation sites is 1. The SMILES string of the molecule is CC(C(=O)Nc1ccccc1C#N)N(C)Cc1ccccc1Cl. The summed E-state index contributed by atoms with van der Waals surface area (Å²) in [6.07, 6.45) is 0. The number of hydrogen-bond donors (Lipinski definition) is 1. The molecule has 1 N–H and O–H groups in total. The average molecular weight is 328 g/mol. The molecule has 1 atom stereocenters. The van der Waals surface area contributed by atoms with E-state index in [1.165, 1.54) is 0 Å². The van der Waals surface area contributed by atoms with E-state index in [1.807, 2.05) is 43.1 Å². The summed E-state index contributed by atoms with van der Waals surface area (Å²) in [7, 11) is 1.86. The molecule has 0 fully saturated rings. The molecule has 0 saturated carbocycles. The molecule has 0 aliphatic rings. The van der Waals surface area contributed by atoms with Crippen LogP contribution in [-0.4, -0.2) is 23.9 Å². The zero-order chi connectivity index (χ0) is 16.8. The summed E-state index contributed by atoms with van der Waals surface area (Å²) in [5.74, 6) is -0.165. The smallest absolute Gasteiger partial charge is 0.241 e. The summed E-state index contributed by atoms with van der Waals surface area (Å²) in [4.78, 5) is 14.3. The maximum absolute atomic E-state index is 12.4. The van der Waals surface area contributed by atoms with Crippen LogP contribution in [0.25, 0.3) is 0 Å². The third-order valence-corrected chi connectivity index (χ3v) is 4.09. The van der Waals surface area contributed by atoms with E-state index in [0.717, 1.165) is 5.56 Å². The molecule has 118 valence electrons. The molecule has 2 aromatic rings. The Labute approximate surface area is 141 Å². The minimum atomic E-state index is -0.363. The number of rotatable bonds is 5. The second kappa shape index (κ2) is 7.77. The molecule has 1 amide bonds. The van der Waals surface area contributed by atoms with Crippen molar-refractivity contribution in [1.29, 1.82) is 5.26 Å². The molecule has 0 spiro atoms. The molecule has 2 aromatic carbocycles. The van der Waals surface area contributed by atoms with E-state index in [-0.39, 0.29) is 11.9 Å². The zero-order valence-electron chi connectivity index (χ0n) is 13.1. The molecule has 5 heteroatoms. The Balaban J connectivity index is 2.04. The van der Waals surface area contributed by atoms with Gasteiger partial charge in [0.05, 0.1) is 17.3 Å². The predicted octanol–water partition coefficient (Wildman–Crippen LogP) is 3.67. The van der Waals surface area contributed by atoms with E-state index in [9.17, 15) is 4.79 Å². The second-order valence-electron chi connectivity index (χ2n) is 5.33. The molecular formula is C18H18ClN3O. The van der Waals surface area contributed by atoms with Crippen molar-refractivity contribution in [3.05, 3.63) is 64.7 Å². The Morgan fingerprint density at radius 1 is 1.26 bits per heavy atom. The first-order valence-electron chi connectivity index (χ1n) is 7.26. The summed E-state index contributed by atoms with van der Waals surface area (Å²) < 4.78 is 0. The number of carbonyl (C=O) groups is 1.